The van der Waals surface area contributed by atoms with Crippen LogP contribution in [0.3, 0.4) is 0 Å². The number of pyridine rings is 1. The number of urea groups is 1. The number of hydrogen-bond acceptors (Lipinski definition) is 6. The quantitative estimate of drug-likeness (QED) is 0.841. The van der Waals surface area contributed by atoms with Crippen LogP contribution >= 0.6 is 0 Å². The van der Waals surface area contributed by atoms with Gasteiger partial charge in [0.25, 0.3) is 0 Å². The number of anilines is 2. The molecular weight excluding hydrogens is 336 g/mol. The van der Waals surface area contributed by atoms with E-state index < -0.39 is 0 Å². The van der Waals surface area contributed by atoms with Gasteiger partial charge < -0.3 is 29.7 Å². The van der Waals surface area contributed by atoms with Crippen molar-refractivity contribution in [2.45, 2.75) is 36.5 Å². The molecule has 0 unspecified atom stereocenters. The summed E-state index contributed by atoms with van der Waals surface area (Å²) in [5.74, 6) is 0.905. The van der Waals surface area contributed by atoms with E-state index in [2.05, 4.69) is 27.4 Å². The van der Waals surface area contributed by atoms with Gasteiger partial charge in [-0.05, 0) is 19.1 Å². The average molecular weight is 360 g/mol. The number of carbonyl (C=O) groups is 1. The standard InChI is InChI=1S/C18H24N4O4/c1-16-9-17(10-16,18(26-16)11-25-12-18)21-15(23)20-13-2-3-14(19-8-13)22-4-6-24-7-5-22/h2-3,8H,4-7,9-12H2,1H3,(H2,20,21,23). The number of aromatic nitrogens is 1. The van der Waals surface area contributed by atoms with E-state index in [-0.39, 0.29) is 22.8 Å². The van der Waals surface area contributed by atoms with Gasteiger partial charge in [0, 0.05) is 25.9 Å². The third-order valence-corrected chi connectivity index (χ3v) is 6.03. The van der Waals surface area contributed by atoms with E-state index in [1.807, 2.05) is 12.1 Å². The third-order valence-electron chi connectivity index (χ3n) is 6.03. The molecule has 1 aromatic rings. The first-order valence-electron chi connectivity index (χ1n) is 9.18. The molecule has 0 radical (unpaired) electrons. The maximum absolute atomic E-state index is 12.5. The first-order chi connectivity index (χ1) is 12.5. The van der Waals surface area contributed by atoms with Gasteiger partial charge in [0.15, 0.2) is 0 Å². The van der Waals surface area contributed by atoms with E-state index in [1.54, 1.807) is 6.20 Å². The normalized spacial score (nSPS) is 34.1. The van der Waals surface area contributed by atoms with Crippen molar-refractivity contribution in [3.8, 4) is 0 Å². The number of rotatable bonds is 3. The summed E-state index contributed by atoms with van der Waals surface area (Å²) in [4.78, 5) is 19.2. The zero-order valence-electron chi connectivity index (χ0n) is 14.9. The lowest BCUT2D eigenvalue weighted by atomic mass is 9.62. The Morgan fingerprint density at radius 1 is 1.19 bits per heavy atom. The maximum atomic E-state index is 12.5. The van der Waals surface area contributed by atoms with Gasteiger partial charge in [-0.15, -0.1) is 0 Å². The first kappa shape index (κ1) is 16.3. The molecular formula is C18H24N4O4. The topological polar surface area (TPSA) is 85.0 Å². The van der Waals surface area contributed by atoms with E-state index in [1.165, 1.54) is 0 Å². The average Bonchev–Trinajstić information content (AvgIpc) is 2.99. The lowest BCUT2D eigenvalue weighted by Gasteiger charge is -2.50. The molecule has 4 saturated heterocycles. The Morgan fingerprint density at radius 3 is 2.58 bits per heavy atom. The molecule has 1 aromatic heterocycles. The molecule has 140 valence electrons. The van der Waals surface area contributed by atoms with Crippen molar-refractivity contribution >= 4 is 17.5 Å². The SMILES string of the molecule is CC12CC(NC(=O)Nc3ccc(N4CCOCC4)nc3)(C1)C1(COC1)O2. The summed E-state index contributed by atoms with van der Waals surface area (Å²) >= 11 is 0. The Bertz CT molecular complexity index is 706. The minimum Gasteiger partial charge on any atom is -0.378 e. The van der Waals surface area contributed by atoms with Crippen LogP contribution in [0.2, 0.25) is 0 Å². The van der Waals surface area contributed by atoms with Crippen LogP contribution in [0.5, 0.6) is 0 Å². The van der Waals surface area contributed by atoms with E-state index >= 15 is 0 Å². The van der Waals surface area contributed by atoms with Crippen molar-refractivity contribution in [2.75, 3.05) is 49.7 Å². The summed E-state index contributed by atoms with van der Waals surface area (Å²) in [6, 6.07) is 3.59. The van der Waals surface area contributed by atoms with Gasteiger partial charge in [-0.2, -0.15) is 0 Å². The molecule has 1 aliphatic carbocycles. The number of nitrogens with one attached hydrogen (secondary N) is 2. The maximum Gasteiger partial charge on any atom is 0.319 e. The molecule has 5 heterocycles. The van der Waals surface area contributed by atoms with Crippen LogP contribution < -0.4 is 15.5 Å². The number of nitrogens with zero attached hydrogens (tertiary/aromatic N) is 2. The van der Waals surface area contributed by atoms with E-state index in [0.717, 1.165) is 45.0 Å². The van der Waals surface area contributed by atoms with Crippen LogP contribution in [0.25, 0.3) is 0 Å². The molecule has 2 amide bonds. The molecule has 6 rings (SSSR count). The molecule has 8 heteroatoms. The van der Waals surface area contributed by atoms with Crippen LogP contribution in [0, 0.1) is 0 Å². The minimum absolute atomic E-state index is 0.127. The minimum atomic E-state index is -0.350. The molecule has 2 bridgehead atoms. The van der Waals surface area contributed by atoms with Gasteiger partial charge in [-0.3, -0.25) is 0 Å². The highest BCUT2D eigenvalue weighted by molar-refractivity contribution is 5.90. The zero-order chi connectivity index (χ0) is 17.8. The van der Waals surface area contributed by atoms with Gasteiger partial charge in [0.05, 0.1) is 49.5 Å². The zero-order valence-corrected chi connectivity index (χ0v) is 14.9. The summed E-state index contributed by atoms with van der Waals surface area (Å²) in [6.45, 7) is 6.33. The van der Waals surface area contributed by atoms with E-state index in [9.17, 15) is 4.79 Å². The molecule has 0 aromatic carbocycles. The highest BCUT2D eigenvalue weighted by Gasteiger charge is 2.76. The van der Waals surface area contributed by atoms with E-state index in [4.69, 9.17) is 14.2 Å². The Balaban J connectivity index is 1.22. The number of carbonyl (C=O) groups excluding carboxylic acids is 1. The van der Waals surface area contributed by atoms with E-state index in [0.29, 0.717) is 18.9 Å². The first-order valence-corrected chi connectivity index (χ1v) is 9.18. The van der Waals surface area contributed by atoms with Crippen LogP contribution in [0.4, 0.5) is 16.3 Å². The highest BCUT2D eigenvalue weighted by Crippen LogP contribution is 2.62. The Labute approximate surface area is 152 Å². The molecule has 4 aliphatic heterocycles. The van der Waals surface area contributed by atoms with Crippen molar-refractivity contribution in [1.29, 1.82) is 0 Å². The Kier molecular flexibility index (Phi) is 3.47. The van der Waals surface area contributed by atoms with Crippen molar-refractivity contribution in [1.82, 2.24) is 10.3 Å². The second kappa shape index (κ2) is 5.55. The van der Waals surface area contributed by atoms with Crippen molar-refractivity contribution in [2.24, 2.45) is 0 Å². The van der Waals surface area contributed by atoms with Crippen LogP contribution in [0.1, 0.15) is 19.8 Å². The lowest BCUT2D eigenvalue weighted by Crippen LogP contribution is -2.71. The number of morpholine rings is 1. The summed E-state index contributed by atoms with van der Waals surface area (Å²) in [7, 11) is 0. The molecule has 8 nitrogen and oxygen atoms in total. The molecule has 0 atom stereocenters. The summed E-state index contributed by atoms with van der Waals surface area (Å²) in [5.41, 5.74) is -0.114. The fraction of sp³-hybridized carbons (Fsp3) is 0.667. The number of hydrogen-bond donors (Lipinski definition) is 2. The molecule has 26 heavy (non-hydrogen) atoms. The van der Waals surface area contributed by atoms with Crippen molar-refractivity contribution in [3.05, 3.63) is 18.3 Å². The summed E-state index contributed by atoms with van der Waals surface area (Å²) in [5, 5.41) is 6.05. The summed E-state index contributed by atoms with van der Waals surface area (Å²) < 4.78 is 16.9. The predicted molar refractivity (Wildman–Crippen MR) is 94.4 cm³/mol. The van der Waals surface area contributed by atoms with Gasteiger partial charge in [0.2, 0.25) is 0 Å². The molecule has 1 spiro atoms. The molecule has 2 N–H and O–H groups in total. The second-order valence-electron chi connectivity index (χ2n) is 8.06. The smallest absolute Gasteiger partial charge is 0.319 e. The van der Waals surface area contributed by atoms with Gasteiger partial charge in [-0.25, -0.2) is 9.78 Å². The predicted octanol–water partition coefficient (Wildman–Crippen LogP) is 1.13. The largest absolute Gasteiger partial charge is 0.378 e. The lowest BCUT2D eigenvalue weighted by molar-refractivity contribution is -0.204. The fourth-order valence-corrected chi connectivity index (χ4v) is 4.83. The van der Waals surface area contributed by atoms with Gasteiger partial charge >= 0.3 is 6.03 Å². The molecule has 1 saturated carbocycles. The van der Waals surface area contributed by atoms with Crippen LogP contribution in [-0.2, 0) is 14.2 Å². The van der Waals surface area contributed by atoms with Crippen molar-refractivity contribution in [3.63, 3.8) is 0 Å². The fourth-order valence-electron chi connectivity index (χ4n) is 4.83. The third kappa shape index (κ3) is 2.39. The molecule has 5 aliphatic rings. The Hall–Kier alpha value is -1.90. The monoisotopic (exact) mass is 360 g/mol. The second-order valence-corrected chi connectivity index (χ2v) is 8.06. The van der Waals surface area contributed by atoms with Crippen LogP contribution in [0.15, 0.2) is 18.3 Å². The van der Waals surface area contributed by atoms with Crippen molar-refractivity contribution < 1.29 is 19.0 Å². The number of amides is 2. The van der Waals surface area contributed by atoms with Crippen LogP contribution in [-0.4, -0.2) is 67.3 Å². The van der Waals surface area contributed by atoms with Gasteiger partial charge in [-0.1, -0.05) is 0 Å². The van der Waals surface area contributed by atoms with Gasteiger partial charge in [0.1, 0.15) is 11.4 Å². The Morgan fingerprint density at radius 2 is 1.96 bits per heavy atom. The highest BCUT2D eigenvalue weighted by atomic mass is 16.6. The number of ether oxygens (including phenoxy) is 3. The summed E-state index contributed by atoms with van der Waals surface area (Å²) in [6.07, 6.45) is 3.37. The molecule has 5 fully saturated rings.